The van der Waals surface area contributed by atoms with Gasteiger partial charge in [-0.15, -0.1) is 0 Å². The summed E-state index contributed by atoms with van der Waals surface area (Å²) < 4.78 is 16.6. The van der Waals surface area contributed by atoms with E-state index >= 15 is 0 Å². The molecule has 2 unspecified atom stereocenters. The van der Waals surface area contributed by atoms with Gasteiger partial charge >= 0.3 is 0 Å². The fourth-order valence-corrected chi connectivity index (χ4v) is 4.99. The fourth-order valence-electron chi connectivity index (χ4n) is 4.80. The van der Waals surface area contributed by atoms with Gasteiger partial charge in [-0.1, -0.05) is 29.8 Å². The number of fused-ring (bicyclic) bond motifs is 1. The molecular formula is C28H31ClN2O4. The third-order valence-corrected chi connectivity index (χ3v) is 6.70. The summed E-state index contributed by atoms with van der Waals surface area (Å²) >= 11 is 6.12. The molecule has 0 saturated carbocycles. The van der Waals surface area contributed by atoms with E-state index in [0.717, 1.165) is 29.8 Å². The normalized spacial score (nSPS) is 16.2. The van der Waals surface area contributed by atoms with Crippen molar-refractivity contribution >= 4 is 17.5 Å². The molecule has 1 heterocycles. The lowest BCUT2D eigenvalue weighted by atomic mass is 9.87. The number of hydrogen-bond acceptors (Lipinski definition) is 5. The molecule has 0 aromatic heterocycles. The van der Waals surface area contributed by atoms with Gasteiger partial charge in [0, 0.05) is 29.7 Å². The predicted molar refractivity (Wildman–Crippen MR) is 138 cm³/mol. The number of nitrogens with one attached hydrogen (secondary N) is 1. The average molecular weight is 495 g/mol. The van der Waals surface area contributed by atoms with Crippen LogP contribution in [0.25, 0.3) is 0 Å². The Kier molecular flexibility index (Phi) is 7.83. The quantitative estimate of drug-likeness (QED) is 0.461. The van der Waals surface area contributed by atoms with E-state index in [4.69, 9.17) is 25.8 Å². The number of benzene rings is 3. The minimum Gasteiger partial charge on any atom is -0.497 e. The lowest BCUT2D eigenvalue weighted by Gasteiger charge is -2.41. The van der Waals surface area contributed by atoms with E-state index < -0.39 is 0 Å². The Morgan fingerprint density at radius 3 is 2.49 bits per heavy atom. The predicted octanol–water partition coefficient (Wildman–Crippen LogP) is 5.28. The minimum absolute atomic E-state index is 0.0760. The summed E-state index contributed by atoms with van der Waals surface area (Å²) in [5.41, 5.74) is 3.99. The maximum atomic E-state index is 13.1. The molecule has 1 aliphatic heterocycles. The Labute approximate surface area is 211 Å². The van der Waals surface area contributed by atoms with Gasteiger partial charge in [-0.2, -0.15) is 0 Å². The number of nitrogens with zero attached hydrogens (tertiary/aromatic N) is 1. The molecule has 0 bridgehead atoms. The van der Waals surface area contributed by atoms with E-state index in [2.05, 4.69) is 28.4 Å². The van der Waals surface area contributed by atoms with Gasteiger partial charge in [0.1, 0.15) is 5.75 Å². The zero-order valence-corrected chi connectivity index (χ0v) is 21.3. The molecule has 184 valence electrons. The second kappa shape index (κ2) is 11.0. The largest absolute Gasteiger partial charge is 0.497 e. The second-order valence-corrected chi connectivity index (χ2v) is 9.13. The van der Waals surface area contributed by atoms with Gasteiger partial charge in [0.25, 0.3) is 5.91 Å². The summed E-state index contributed by atoms with van der Waals surface area (Å²) in [6.07, 6.45) is 0.866. The molecule has 6 nitrogen and oxygen atoms in total. The van der Waals surface area contributed by atoms with Crippen molar-refractivity contribution in [3.8, 4) is 17.2 Å². The maximum absolute atomic E-state index is 13.1. The second-order valence-electron chi connectivity index (χ2n) is 8.70. The van der Waals surface area contributed by atoms with Crippen molar-refractivity contribution in [1.82, 2.24) is 10.2 Å². The average Bonchev–Trinajstić information content (AvgIpc) is 2.87. The highest BCUT2D eigenvalue weighted by molar-refractivity contribution is 6.30. The van der Waals surface area contributed by atoms with Crippen molar-refractivity contribution in [2.24, 2.45) is 0 Å². The number of carbonyl (C=O) groups is 1. The van der Waals surface area contributed by atoms with Gasteiger partial charge in [-0.25, -0.2) is 0 Å². The molecule has 1 N–H and O–H groups in total. The molecule has 1 aliphatic rings. The SMILES string of the molecule is COc1cccc(CN2CCc3cc(OC)c(OC)cc3C2C(C)NC(=O)c2cccc(Cl)c2)c1. The first-order chi connectivity index (χ1) is 16.9. The Morgan fingerprint density at radius 1 is 1.03 bits per heavy atom. The van der Waals surface area contributed by atoms with Crippen LogP contribution in [0.3, 0.4) is 0 Å². The van der Waals surface area contributed by atoms with Gasteiger partial charge in [-0.05, 0) is 72.5 Å². The topological polar surface area (TPSA) is 60.0 Å². The standard InChI is InChI=1S/C28H31ClN2O4/c1-18(30-28(32)21-8-6-9-22(29)14-21)27-24-16-26(35-4)25(34-3)15-20(24)11-12-31(27)17-19-7-5-10-23(13-19)33-2/h5-10,13-16,18,27H,11-12,17H2,1-4H3,(H,30,32). The molecule has 1 amide bonds. The third-order valence-electron chi connectivity index (χ3n) is 6.46. The number of carbonyl (C=O) groups excluding carboxylic acids is 1. The van der Waals surface area contributed by atoms with E-state index in [0.29, 0.717) is 28.6 Å². The van der Waals surface area contributed by atoms with Crippen LogP contribution in [0.5, 0.6) is 17.2 Å². The van der Waals surface area contributed by atoms with E-state index in [1.54, 1.807) is 45.6 Å². The molecule has 0 fully saturated rings. The van der Waals surface area contributed by atoms with Crippen LogP contribution >= 0.6 is 11.6 Å². The highest BCUT2D eigenvalue weighted by Crippen LogP contribution is 2.40. The molecule has 2 atom stereocenters. The van der Waals surface area contributed by atoms with Crippen molar-refractivity contribution in [2.75, 3.05) is 27.9 Å². The van der Waals surface area contributed by atoms with Crippen LogP contribution < -0.4 is 19.5 Å². The Hall–Kier alpha value is -3.22. The number of amides is 1. The molecular weight excluding hydrogens is 464 g/mol. The van der Waals surface area contributed by atoms with Gasteiger partial charge in [0.15, 0.2) is 11.5 Å². The smallest absolute Gasteiger partial charge is 0.251 e. The van der Waals surface area contributed by atoms with Crippen molar-refractivity contribution in [3.63, 3.8) is 0 Å². The minimum atomic E-state index is -0.191. The van der Waals surface area contributed by atoms with Gasteiger partial charge < -0.3 is 19.5 Å². The van der Waals surface area contributed by atoms with Crippen LogP contribution in [-0.2, 0) is 13.0 Å². The van der Waals surface area contributed by atoms with E-state index in [1.165, 1.54) is 5.56 Å². The zero-order valence-electron chi connectivity index (χ0n) is 20.5. The Balaban J connectivity index is 1.69. The van der Waals surface area contributed by atoms with Crippen molar-refractivity contribution in [1.29, 1.82) is 0 Å². The van der Waals surface area contributed by atoms with Gasteiger partial charge in [-0.3, -0.25) is 9.69 Å². The molecule has 0 saturated heterocycles. The molecule has 0 spiro atoms. The van der Waals surface area contributed by atoms with Crippen LogP contribution in [-0.4, -0.2) is 44.7 Å². The molecule has 7 heteroatoms. The molecule has 4 rings (SSSR count). The first-order valence-electron chi connectivity index (χ1n) is 11.6. The summed E-state index contributed by atoms with van der Waals surface area (Å²) in [5.74, 6) is 2.05. The van der Waals surface area contributed by atoms with Crippen molar-refractivity contribution < 1.29 is 19.0 Å². The fraction of sp³-hybridized carbons (Fsp3) is 0.321. The summed E-state index contributed by atoms with van der Waals surface area (Å²) in [5, 5.41) is 3.73. The highest BCUT2D eigenvalue weighted by atomic mass is 35.5. The first kappa shape index (κ1) is 24.9. The highest BCUT2D eigenvalue weighted by Gasteiger charge is 2.34. The van der Waals surface area contributed by atoms with E-state index in [-0.39, 0.29) is 18.0 Å². The van der Waals surface area contributed by atoms with Crippen LogP contribution in [0, 0.1) is 0 Å². The molecule has 3 aromatic carbocycles. The third kappa shape index (κ3) is 5.55. The number of methoxy groups -OCH3 is 3. The summed E-state index contributed by atoms with van der Waals surface area (Å²) in [4.78, 5) is 15.5. The maximum Gasteiger partial charge on any atom is 0.251 e. The van der Waals surface area contributed by atoms with Crippen LogP contribution in [0.1, 0.15) is 40.0 Å². The van der Waals surface area contributed by atoms with Crippen molar-refractivity contribution in [3.05, 3.63) is 87.9 Å². The zero-order chi connectivity index (χ0) is 24.9. The molecule has 3 aromatic rings. The number of rotatable bonds is 8. The number of halogens is 1. The molecule has 0 aliphatic carbocycles. The lowest BCUT2D eigenvalue weighted by molar-refractivity contribution is 0.0877. The molecule has 0 radical (unpaired) electrons. The monoisotopic (exact) mass is 494 g/mol. The number of hydrogen-bond donors (Lipinski definition) is 1. The van der Waals surface area contributed by atoms with Crippen LogP contribution in [0.2, 0.25) is 5.02 Å². The lowest BCUT2D eigenvalue weighted by Crippen LogP contribution is -2.47. The van der Waals surface area contributed by atoms with E-state index in [1.807, 2.05) is 25.1 Å². The summed E-state index contributed by atoms with van der Waals surface area (Å²) in [7, 11) is 4.96. The Bertz CT molecular complexity index is 1200. The van der Waals surface area contributed by atoms with Gasteiger partial charge in [0.05, 0.1) is 27.4 Å². The van der Waals surface area contributed by atoms with Crippen molar-refractivity contribution in [2.45, 2.75) is 32.0 Å². The molecule has 35 heavy (non-hydrogen) atoms. The van der Waals surface area contributed by atoms with Gasteiger partial charge in [0.2, 0.25) is 0 Å². The number of ether oxygens (including phenoxy) is 3. The summed E-state index contributed by atoms with van der Waals surface area (Å²) in [6, 6.07) is 18.9. The van der Waals surface area contributed by atoms with Crippen LogP contribution in [0.4, 0.5) is 0 Å². The Morgan fingerprint density at radius 2 is 1.77 bits per heavy atom. The first-order valence-corrected chi connectivity index (χ1v) is 12.0. The van der Waals surface area contributed by atoms with E-state index in [9.17, 15) is 4.79 Å². The van der Waals surface area contributed by atoms with Crippen LogP contribution in [0.15, 0.2) is 60.7 Å². The summed E-state index contributed by atoms with van der Waals surface area (Å²) in [6.45, 7) is 3.59.